The second kappa shape index (κ2) is 8.66. The molecule has 1 aromatic carbocycles. The summed E-state index contributed by atoms with van der Waals surface area (Å²) < 4.78 is 34.5. The fourth-order valence-electron chi connectivity index (χ4n) is 4.29. The van der Waals surface area contributed by atoms with Crippen LogP contribution in [0.3, 0.4) is 0 Å². The fourth-order valence-corrected chi connectivity index (χ4v) is 4.29. The van der Waals surface area contributed by atoms with E-state index in [1.807, 2.05) is 36.5 Å². The van der Waals surface area contributed by atoms with Gasteiger partial charge in [-0.15, -0.1) is 5.10 Å². The SMILES string of the molecule is COc1nc(N[C@@H]2CCN(CCF)C[C@H]2F)nn2ccc(-c3ccc4ncccc4c3)c12. The van der Waals surface area contributed by atoms with Crippen LogP contribution in [0.1, 0.15) is 6.42 Å². The normalized spacial score (nSPS) is 19.5. The van der Waals surface area contributed by atoms with Crippen LogP contribution in [0.2, 0.25) is 0 Å². The Morgan fingerprint density at radius 3 is 2.97 bits per heavy atom. The summed E-state index contributed by atoms with van der Waals surface area (Å²) >= 11 is 0. The predicted octanol–water partition coefficient (Wildman–Crippen LogP) is 3.75. The number of nitrogens with zero attached hydrogens (tertiary/aromatic N) is 5. The molecular weight excluding hydrogens is 414 g/mol. The number of hydrogen-bond donors (Lipinski definition) is 1. The summed E-state index contributed by atoms with van der Waals surface area (Å²) in [5.41, 5.74) is 3.59. The number of nitrogens with one attached hydrogen (secondary N) is 1. The van der Waals surface area contributed by atoms with Crippen LogP contribution in [0, 0.1) is 0 Å². The van der Waals surface area contributed by atoms with Crippen molar-refractivity contribution < 1.29 is 13.5 Å². The summed E-state index contributed by atoms with van der Waals surface area (Å²) in [5, 5.41) is 8.68. The molecule has 0 amide bonds. The Morgan fingerprint density at radius 1 is 1.25 bits per heavy atom. The second-order valence-electron chi connectivity index (χ2n) is 7.92. The van der Waals surface area contributed by atoms with Crippen LogP contribution in [0.5, 0.6) is 5.88 Å². The number of benzene rings is 1. The lowest BCUT2D eigenvalue weighted by Crippen LogP contribution is -2.48. The first-order valence-corrected chi connectivity index (χ1v) is 10.6. The number of piperidine rings is 1. The molecule has 0 saturated carbocycles. The minimum atomic E-state index is -1.13. The van der Waals surface area contributed by atoms with Crippen molar-refractivity contribution >= 4 is 22.4 Å². The Kier molecular flexibility index (Phi) is 5.57. The van der Waals surface area contributed by atoms with Crippen molar-refractivity contribution in [3.63, 3.8) is 0 Å². The molecule has 7 nitrogen and oxygen atoms in total. The first-order chi connectivity index (χ1) is 15.7. The van der Waals surface area contributed by atoms with Gasteiger partial charge in [0.2, 0.25) is 11.8 Å². The number of fused-ring (bicyclic) bond motifs is 2. The van der Waals surface area contributed by atoms with Crippen LogP contribution in [-0.4, -0.2) is 70.1 Å². The van der Waals surface area contributed by atoms with Crippen LogP contribution < -0.4 is 10.1 Å². The number of alkyl halides is 2. The van der Waals surface area contributed by atoms with Gasteiger partial charge < -0.3 is 10.1 Å². The predicted molar refractivity (Wildman–Crippen MR) is 120 cm³/mol. The Morgan fingerprint density at radius 2 is 2.16 bits per heavy atom. The molecule has 0 radical (unpaired) electrons. The van der Waals surface area contributed by atoms with Crippen molar-refractivity contribution in [2.75, 3.05) is 38.7 Å². The van der Waals surface area contributed by atoms with Gasteiger partial charge in [0.1, 0.15) is 18.4 Å². The molecule has 5 rings (SSSR count). The molecule has 2 atom stereocenters. The van der Waals surface area contributed by atoms with E-state index in [9.17, 15) is 8.78 Å². The van der Waals surface area contributed by atoms with Gasteiger partial charge in [-0.3, -0.25) is 9.88 Å². The van der Waals surface area contributed by atoms with E-state index >= 15 is 0 Å². The zero-order valence-electron chi connectivity index (χ0n) is 17.7. The number of likely N-dealkylation sites (tertiary alicyclic amines) is 1. The van der Waals surface area contributed by atoms with Crippen LogP contribution in [-0.2, 0) is 0 Å². The lowest BCUT2D eigenvalue weighted by atomic mass is 10.0. The quantitative estimate of drug-likeness (QED) is 0.495. The number of hydrogen-bond acceptors (Lipinski definition) is 6. The van der Waals surface area contributed by atoms with E-state index in [2.05, 4.69) is 26.4 Å². The maximum Gasteiger partial charge on any atom is 0.244 e. The third-order valence-corrected chi connectivity index (χ3v) is 5.93. The number of halogens is 2. The first-order valence-electron chi connectivity index (χ1n) is 10.6. The van der Waals surface area contributed by atoms with Crippen LogP contribution in [0.4, 0.5) is 14.7 Å². The molecule has 0 unspecified atom stereocenters. The summed E-state index contributed by atoms with van der Waals surface area (Å²) in [6.07, 6.45) is 3.03. The third kappa shape index (κ3) is 3.84. The highest BCUT2D eigenvalue weighted by molar-refractivity contribution is 5.90. The smallest absolute Gasteiger partial charge is 0.244 e. The van der Waals surface area contributed by atoms with E-state index in [0.29, 0.717) is 24.8 Å². The number of aromatic nitrogens is 4. The van der Waals surface area contributed by atoms with Gasteiger partial charge in [-0.1, -0.05) is 12.1 Å². The van der Waals surface area contributed by atoms with Gasteiger partial charge in [0.15, 0.2) is 0 Å². The Labute approximate surface area is 184 Å². The first kappa shape index (κ1) is 20.6. The molecule has 1 aliphatic heterocycles. The Bertz CT molecular complexity index is 1250. The third-order valence-electron chi connectivity index (χ3n) is 5.93. The van der Waals surface area contributed by atoms with Crippen molar-refractivity contribution in [3.8, 4) is 17.0 Å². The van der Waals surface area contributed by atoms with E-state index in [4.69, 9.17) is 4.74 Å². The summed E-state index contributed by atoms with van der Waals surface area (Å²) in [5.74, 6) is 0.699. The monoisotopic (exact) mass is 438 g/mol. The average Bonchev–Trinajstić information content (AvgIpc) is 3.24. The molecule has 0 spiro atoms. The summed E-state index contributed by atoms with van der Waals surface area (Å²) in [7, 11) is 1.56. The van der Waals surface area contributed by atoms with Crippen LogP contribution >= 0.6 is 0 Å². The van der Waals surface area contributed by atoms with Crippen molar-refractivity contribution in [3.05, 3.63) is 48.8 Å². The molecule has 1 aliphatic rings. The van der Waals surface area contributed by atoms with Crippen molar-refractivity contribution in [2.24, 2.45) is 0 Å². The van der Waals surface area contributed by atoms with E-state index in [1.165, 1.54) is 0 Å². The molecule has 4 aromatic rings. The van der Waals surface area contributed by atoms with E-state index in [0.717, 1.165) is 27.5 Å². The van der Waals surface area contributed by atoms with Crippen LogP contribution in [0.15, 0.2) is 48.8 Å². The number of rotatable bonds is 6. The maximum atomic E-state index is 14.6. The molecule has 166 valence electrons. The van der Waals surface area contributed by atoms with Gasteiger partial charge in [0.05, 0.1) is 18.7 Å². The Hall–Kier alpha value is -3.33. The Balaban J connectivity index is 1.45. The summed E-state index contributed by atoms with van der Waals surface area (Å²) in [6.45, 7) is 0.628. The number of methoxy groups -OCH3 is 1. The molecule has 0 bridgehead atoms. The van der Waals surface area contributed by atoms with Crippen molar-refractivity contribution in [2.45, 2.75) is 18.6 Å². The van der Waals surface area contributed by atoms with Crippen molar-refractivity contribution in [1.29, 1.82) is 0 Å². The average molecular weight is 438 g/mol. The second-order valence-corrected chi connectivity index (χ2v) is 7.92. The van der Waals surface area contributed by atoms with Gasteiger partial charge in [-0.05, 0) is 36.2 Å². The molecule has 1 fully saturated rings. The molecule has 1 N–H and O–H groups in total. The largest absolute Gasteiger partial charge is 0.479 e. The molecule has 0 aliphatic carbocycles. The van der Waals surface area contributed by atoms with E-state index in [-0.39, 0.29) is 13.1 Å². The van der Waals surface area contributed by atoms with Gasteiger partial charge in [0.25, 0.3) is 0 Å². The van der Waals surface area contributed by atoms with Crippen molar-refractivity contribution in [1.82, 2.24) is 24.5 Å². The lowest BCUT2D eigenvalue weighted by molar-refractivity contribution is 0.120. The topological polar surface area (TPSA) is 67.6 Å². The molecular formula is C23H24F2N6O. The zero-order chi connectivity index (χ0) is 22.1. The molecule has 1 saturated heterocycles. The lowest BCUT2D eigenvalue weighted by Gasteiger charge is -2.34. The highest BCUT2D eigenvalue weighted by Crippen LogP contribution is 2.33. The van der Waals surface area contributed by atoms with E-state index < -0.39 is 18.9 Å². The highest BCUT2D eigenvalue weighted by atomic mass is 19.1. The molecule has 32 heavy (non-hydrogen) atoms. The number of ether oxygens (including phenoxy) is 1. The minimum absolute atomic E-state index is 0.200. The van der Waals surface area contributed by atoms with Gasteiger partial charge in [-0.2, -0.15) is 4.98 Å². The maximum absolute atomic E-state index is 14.6. The standard InChI is InChI=1S/C23H24F2N6O/c1-32-22-21-17(15-4-5-19-16(13-15)3-2-9-26-19)6-11-31(21)29-23(28-22)27-20-7-10-30(12-8-24)14-18(20)25/h2-6,9,11,13,18,20H,7-8,10,12,14H2,1H3,(H,27,29)/t18-,20-/m1/s1. The fraction of sp³-hybridized carbons (Fsp3) is 0.348. The van der Waals surface area contributed by atoms with Gasteiger partial charge in [-0.25, -0.2) is 13.3 Å². The van der Waals surface area contributed by atoms with Gasteiger partial charge in [0, 0.05) is 43.0 Å². The van der Waals surface area contributed by atoms with E-state index in [1.54, 1.807) is 22.7 Å². The molecule has 4 heterocycles. The molecule has 3 aromatic heterocycles. The summed E-state index contributed by atoms with van der Waals surface area (Å²) in [4.78, 5) is 10.7. The van der Waals surface area contributed by atoms with Gasteiger partial charge >= 0.3 is 0 Å². The summed E-state index contributed by atoms with van der Waals surface area (Å²) in [6, 6.07) is 11.5. The highest BCUT2D eigenvalue weighted by Gasteiger charge is 2.30. The number of anilines is 1. The van der Waals surface area contributed by atoms with Crippen LogP contribution in [0.25, 0.3) is 27.5 Å². The zero-order valence-corrected chi connectivity index (χ0v) is 17.7. The molecule has 9 heteroatoms. The minimum Gasteiger partial charge on any atom is -0.479 e. The number of pyridine rings is 1.